The molecule has 0 saturated carbocycles. The second kappa shape index (κ2) is 11.1. The number of benzene rings is 1. The summed E-state index contributed by atoms with van der Waals surface area (Å²) in [7, 11) is -3.82. The average Bonchev–Trinajstić information content (AvgIpc) is 3.55. The van der Waals surface area contributed by atoms with E-state index < -0.39 is 10.0 Å². The summed E-state index contributed by atoms with van der Waals surface area (Å²) < 4.78 is 28.0. The number of likely N-dealkylation sites (tertiary alicyclic amines) is 1. The second-order valence-corrected chi connectivity index (χ2v) is 10.6. The molecule has 1 amide bonds. The van der Waals surface area contributed by atoms with Gasteiger partial charge in [0.25, 0.3) is 15.9 Å². The highest BCUT2D eigenvalue weighted by Crippen LogP contribution is 2.35. The van der Waals surface area contributed by atoms with Crippen molar-refractivity contribution in [1.29, 1.82) is 0 Å². The number of nitrogens with zero attached hydrogens (tertiary/aromatic N) is 2. The van der Waals surface area contributed by atoms with E-state index in [1.54, 1.807) is 30.5 Å². The minimum Gasteiger partial charge on any atom is -0.359 e. The fourth-order valence-electron chi connectivity index (χ4n) is 4.35. The van der Waals surface area contributed by atoms with E-state index in [9.17, 15) is 13.2 Å². The van der Waals surface area contributed by atoms with Crippen LogP contribution in [0, 0.1) is 13.8 Å². The first-order valence-corrected chi connectivity index (χ1v) is 13.4. The van der Waals surface area contributed by atoms with E-state index in [0.717, 1.165) is 30.0 Å². The van der Waals surface area contributed by atoms with Gasteiger partial charge in [-0.15, -0.1) is 0 Å². The summed E-state index contributed by atoms with van der Waals surface area (Å²) in [6, 6.07) is 9.81. The van der Waals surface area contributed by atoms with Gasteiger partial charge in [-0.25, -0.2) is 8.42 Å². The molecular weight excluding hydrogens is 476 g/mol. The van der Waals surface area contributed by atoms with Crippen molar-refractivity contribution in [3.05, 3.63) is 71.3 Å². The average molecular weight is 509 g/mol. The Balaban J connectivity index is 0.000000325. The zero-order chi connectivity index (χ0) is 25.7. The standard InChI is InChI=1S/C20H18N4O3S.C6H14N2/c1-12-8-13(2)22-19(12)10-17-16-9-15(5-6-18(16)23-20(17)25)28(26,27)24-14-4-3-7-21-11-14;7-3-6-8-4-1-2-5-8/h3-11,22,24H,1-2H3,(H,23,25);1-7H2. The molecule has 0 unspecified atom stereocenters. The topological polar surface area (TPSA) is 133 Å². The molecule has 190 valence electrons. The summed E-state index contributed by atoms with van der Waals surface area (Å²) in [5.74, 6) is -0.267. The SMILES string of the molecule is Cc1cc(C)c(C=C2C(=O)Nc3ccc(S(=O)(=O)Nc4cccnc4)cc32)[nH]1.NCCN1CCCC1. The van der Waals surface area contributed by atoms with Crippen LogP contribution in [-0.2, 0) is 14.8 Å². The molecule has 2 aliphatic heterocycles. The lowest BCUT2D eigenvalue weighted by Crippen LogP contribution is -2.26. The van der Waals surface area contributed by atoms with E-state index in [2.05, 4.69) is 24.9 Å². The number of nitrogens with one attached hydrogen (secondary N) is 3. The van der Waals surface area contributed by atoms with Gasteiger partial charge in [0.05, 0.1) is 22.4 Å². The molecule has 4 heterocycles. The van der Waals surface area contributed by atoms with Crippen LogP contribution in [0.3, 0.4) is 0 Å². The van der Waals surface area contributed by atoms with E-state index in [0.29, 0.717) is 22.5 Å². The number of carbonyl (C=O) groups excluding carboxylic acids is 1. The van der Waals surface area contributed by atoms with Crippen LogP contribution in [0.5, 0.6) is 0 Å². The lowest BCUT2D eigenvalue weighted by molar-refractivity contribution is -0.110. The number of aryl methyl sites for hydroxylation is 2. The molecule has 0 aliphatic carbocycles. The third kappa shape index (κ3) is 6.01. The van der Waals surface area contributed by atoms with Crippen LogP contribution in [0.25, 0.3) is 11.6 Å². The largest absolute Gasteiger partial charge is 0.359 e. The molecule has 5 rings (SSSR count). The highest BCUT2D eigenvalue weighted by atomic mass is 32.2. The Bertz CT molecular complexity index is 1360. The molecule has 0 bridgehead atoms. The van der Waals surface area contributed by atoms with Crippen LogP contribution in [0.4, 0.5) is 11.4 Å². The van der Waals surface area contributed by atoms with Crippen molar-refractivity contribution in [2.45, 2.75) is 31.6 Å². The van der Waals surface area contributed by atoms with Crippen LogP contribution in [0.1, 0.15) is 35.4 Å². The Hall–Kier alpha value is -3.47. The number of aromatic nitrogens is 2. The maximum absolute atomic E-state index is 12.7. The maximum Gasteiger partial charge on any atom is 0.261 e. The van der Waals surface area contributed by atoms with Crippen LogP contribution in [0.2, 0.25) is 0 Å². The first kappa shape index (κ1) is 25.6. The quantitative estimate of drug-likeness (QED) is 0.377. The Morgan fingerprint density at radius 3 is 2.58 bits per heavy atom. The predicted molar refractivity (Wildman–Crippen MR) is 143 cm³/mol. The first-order chi connectivity index (χ1) is 17.3. The van der Waals surface area contributed by atoms with Gasteiger partial charge in [-0.3, -0.25) is 14.5 Å². The molecule has 1 fully saturated rings. The van der Waals surface area contributed by atoms with Gasteiger partial charge >= 0.3 is 0 Å². The summed E-state index contributed by atoms with van der Waals surface area (Å²) >= 11 is 0. The van der Waals surface area contributed by atoms with Gasteiger partial charge in [0, 0.05) is 41.9 Å². The second-order valence-electron chi connectivity index (χ2n) is 8.95. The number of hydrogen-bond acceptors (Lipinski definition) is 6. The summed E-state index contributed by atoms with van der Waals surface area (Å²) in [5, 5.41) is 2.78. The van der Waals surface area contributed by atoms with Crippen LogP contribution >= 0.6 is 0 Å². The van der Waals surface area contributed by atoms with E-state index in [4.69, 9.17) is 5.73 Å². The lowest BCUT2D eigenvalue weighted by Gasteiger charge is -2.11. The highest BCUT2D eigenvalue weighted by Gasteiger charge is 2.27. The summed E-state index contributed by atoms with van der Waals surface area (Å²) in [6.45, 7) is 8.35. The monoisotopic (exact) mass is 508 g/mol. The van der Waals surface area contributed by atoms with E-state index in [1.165, 1.54) is 44.3 Å². The number of fused-ring (bicyclic) bond motifs is 1. The molecule has 1 saturated heterocycles. The van der Waals surface area contributed by atoms with Crippen molar-refractivity contribution in [3.63, 3.8) is 0 Å². The molecule has 0 radical (unpaired) electrons. The molecule has 36 heavy (non-hydrogen) atoms. The van der Waals surface area contributed by atoms with Crippen molar-refractivity contribution in [3.8, 4) is 0 Å². The van der Waals surface area contributed by atoms with Gasteiger partial charge in [-0.05, 0) is 87.8 Å². The van der Waals surface area contributed by atoms with Gasteiger partial charge in [-0.1, -0.05) is 0 Å². The van der Waals surface area contributed by atoms with Crippen LogP contribution in [0.15, 0.2) is 53.7 Å². The molecule has 1 aromatic carbocycles. The molecular formula is C26H32N6O3S. The Kier molecular flexibility index (Phi) is 7.88. The van der Waals surface area contributed by atoms with Crippen molar-refractivity contribution in [2.75, 3.05) is 36.2 Å². The Labute approximate surface area is 211 Å². The van der Waals surface area contributed by atoms with Crippen molar-refractivity contribution < 1.29 is 13.2 Å². The van der Waals surface area contributed by atoms with Crippen molar-refractivity contribution in [2.24, 2.45) is 5.73 Å². The minimum absolute atomic E-state index is 0.0666. The number of sulfonamides is 1. The molecule has 5 N–H and O–H groups in total. The van der Waals surface area contributed by atoms with Gasteiger partial charge in [-0.2, -0.15) is 0 Å². The number of amides is 1. The third-order valence-electron chi connectivity index (χ3n) is 6.12. The van der Waals surface area contributed by atoms with Gasteiger partial charge < -0.3 is 20.9 Å². The molecule has 0 atom stereocenters. The van der Waals surface area contributed by atoms with Crippen LogP contribution in [-0.4, -0.2) is 55.4 Å². The number of aromatic amines is 1. The smallest absolute Gasteiger partial charge is 0.261 e. The number of carbonyl (C=O) groups is 1. The predicted octanol–water partition coefficient (Wildman–Crippen LogP) is 3.36. The molecule has 2 aromatic heterocycles. The van der Waals surface area contributed by atoms with Gasteiger partial charge in [0.1, 0.15) is 0 Å². The Morgan fingerprint density at radius 1 is 1.17 bits per heavy atom. The first-order valence-electron chi connectivity index (χ1n) is 12.0. The number of H-pyrrole nitrogens is 1. The number of hydrogen-bond donors (Lipinski definition) is 4. The zero-order valence-electron chi connectivity index (χ0n) is 20.5. The van der Waals surface area contributed by atoms with E-state index in [-0.39, 0.29) is 10.8 Å². The zero-order valence-corrected chi connectivity index (χ0v) is 21.4. The third-order valence-corrected chi connectivity index (χ3v) is 7.50. The van der Waals surface area contributed by atoms with Crippen molar-refractivity contribution in [1.82, 2.24) is 14.9 Å². The fourth-order valence-corrected chi connectivity index (χ4v) is 5.42. The molecule has 0 spiro atoms. The molecule has 2 aliphatic rings. The molecule has 3 aromatic rings. The minimum atomic E-state index is -3.82. The molecule has 9 nitrogen and oxygen atoms in total. The fraction of sp³-hybridized carbons (Fsp3) is 0.308. The van der Waals surface area contributed by atoms with Gasteiger partial charge in [0.2, 0.25) is 0 Å². The number of rotatable bonds is 6. The normalized spacial score (nSPS) is 16.4. The van der Waals surface area contributed by atoms with Crippen LogP contribution < -0.4 is 15.8 Å². The number of pyridine rings is 1. The summed E-state index contributed by atoms with van der Waals surface area (Å²) in [6.07, 6.45) is 7.48. The number of nitrogens with two attached hydrogens (primary N) is 1. The summed E-state index contributed by atoms with van der Waals surface area (Å²) in [4.78, 5) is 22.0. The Morgan fingerprint density at radius 2 is 1.94 bits per heavy atom. The number of anilines is 2. The maximum atomic E-state index is 12.7. The van der Waals surface area contributed by atoms with Crippen molar-refractivity contribution >= 4 is 39.0 Å². The summed E-state index contributed by atoms with van der Waals surface area (Å²) in [5.41, 5.74) is 10.1. The van der Waals surface area contributed by atoms with E-state index in [1.807, 2.05) is 19.9 Å². The van der Waals surface area contributed by atoms with E-state index >= 15 is 0 Å². The molecule has 10 heteroatoms. The van der Waals surface area contributed by atoms with Gasteiger partial charge in [0.15, 0.2) is 0 Å². The highest BCUT2D eigenvalue weighted by molar-refractivity contribution is 7.92. The lowest BCUT2D eigenvalue weighted by atomic mass is 10.1.